The van der Waals surface area contributed by atoms with Gasteiger partial charge in [-0.3, -0.25) is 4.98 Å². The largest absolute Gasteiger partial charge is 0.256 e. The molecular formula is C41H25N. The number of hydrogen-bond acceptors (Lipinski definition) is 1. The van der Waals surface area contributed by atoms with Gasteiger partial charge in [-0.1, -0.05) is 140 Å². The highest BCUT2D eigenvalue weighted by Crippen LogP contribution is 2.58. The van der Waals surface area contributed by atoms with Crippen molar-refractivity contribution in [2.24, 2.45) is 0 Å². The second-order valence-electron chi connectivity index (χ2n) is 11.0. The molecule has 0 atom stereocenters. The number of benzene rings is 7. The average Bonchev–Trinajstić information content (AvgIpc) is 3.39. The lowest BCUT2D eigenvalue weighted by Crippen LogP contribution is -1.93. The van der Waals surface area contributed by atoms with Gasteiger partial charge in [0.1, 0.15) is 0 Å². The van der Waals surface area contributed by atoms with Crippen LogP contribution in [0.4, 0.5) is 0 Å². The first-order valence-electron chi connectivity index (χ1n) is 14.5. The van der Waals surface area contributed by atoms with Gasteiger partial charge in [-0.05, 0) is 77.7 Å². The molecule has 0 amide bonds. The van der Waals surface area contributed by atoms with Crippen LogP contribution in [0.1, 0.15) is 0 Å². The molecule has 0 aliphatic heterocycles. The van der Waals surface area contributed by atoms with E-state index in [1.165, 1.54) is 77.2 Å². The summed E-state index contributed by atoms with van der Waals surface area (Å²) in [5.41, 5.74) is 13.8. The summed E-state index contributed by atoms with van der Waals surface area (Å²) in [5, 5.41) is 6.31. The minimum atomic E-state index is 1.04. The van der Waals surface area contributed by atoms with E-state index in [0.717, 1.165) is 10.9 Å². The second-order valence-corrected chi connectivity index (χ2v) is 11.0. The number of aromatic nitrogens is 1. The normalized spacial score (nSPS) is 11.8. The summed E-state index contributed by atoms with van der Waals surface area (Å²) >= 11 is 0. The molecule has 8 aromatic rings. The molecular weight excluding hydrogens is 506 g/mol. The zero-order valence-electron chi connectivity index (χ0n) is 22.9. The summed E-state index contributed by atoms with van der Waals surface area (Å²) in [6, 6.07) is 52.9. The highest BCUT2D eigenvalue weighted by atomic mass is 14.6. The number of pyridine rings is 1. The van der Waals surface area contributed by atoms with Gasteiger partial charge in [-0.15, -0.1) is 0 Å². The molecule has 0 fully saturated rings. The minimum absolute atomic E-state index is 1.04. The molecule has 194 valence electrons. The number of nitrogens with zero attached hydrogens (tertiary/aromatic N) is 1. The zero-order valence-corrected chi connectivity index (χ0v) is 22.9. The Labute approximate surface area is 244 Å². The Hall–Kier alpha value is -5.53. The van der Waals surface area contributed by atoms with Gasteiger partial charge < -0.3 is 0 Å². The Kier molecular flexibility index (Phi) is 4.97. The fourth-order valence-electron chi connectivity index (χ4n) is 7.17. The lowest BCUT2D eigenvalue weighted by Gasteiger charge is -2.20. The van der Waals surface area contributed by atoms with Crippen molar-refractivity contribution in [3.05, 3.63) is 152 Å². The van der Waals surface area contributed by atoms with E-state index in [0.29, 0.717) is 0 Å². The highest BCUT2D eigenvalue weighted by Gasteiger charge is 2.31. The molecule has 0 unspecified atom stereocenters. The molecule has 0 spiro atoms. The van der Waals surface area contributed by atoms with E-state index < -0.39 is 0 Å². The fraction of sp³-hybridized carbons (Fsp3) is 0. The van der Waals surface area contributed by atoms with Crippen molar-refractivity contribution in [3.63, 3.8) is 0 Å². The van der Waals surface area contributed by atoms with Crippen LogP contribution in [-0.4, -0.2) is 4.98 Å². The third-order valence-corrected chi connectivity index (χ3v) is 8.84. The molecule has 0 bridgehead atoms. The van der Waals surface area contributed by atoms with Gasteiger partial charge >= 0.3 is 0 Å². The molecule has 1 aromatic heterocycles. The Balaban J connectivity index is 1.46. The van der Waals surface area contributed by atoms with E-state index in [-0.39, 0.29) is 0 Å². The second kappa shape index (κ2) is 8.99. The fourth-order valence-corrected chi connectivity index (χ4v) is 7.17. The molecule has 42 heavy (non-hydrogen) atoms. The van der Waals surface area contributed by atoms with E-state index in [1.807, 2.05) is 12.3 Å². The average molecular weight is 532 g/mol. The van der Waals surface area contributed by atoms with Crippen LogP contribution in [0.25, 0.3) is 88.1 Å². The van der Waals surface area contributed by atoms with Gasteiger partial charge in [0.05, 0.1) is 5.52 Å². The monoisotopic (exact) mass is 531 g/mol. The van der Waals surface area contributed by atoms with Crippen LogP contribution in [0.3, 0.4) is 0 Å². The standard InChI is InChI=1S/C41H25N/c1-3-12-26(13-4-1)36-31-18-7-8-19-32(31)37(27-14-5-2-6-15-27)40-35-24-23-29(30-20-10-22-34(38(30)35)39(36)40)33-21-9-16-28-17-11-25-42-41(28)33/h1-25H. The lowest BCUT2D eigenvalue weighted by molar-refractivity contribution is 1.41. The van der Waals surface area contributed by atoms with Crippen molar-refractivity contribution < 1.29 is 0 Å². The first-order chi connectivity index (χ1) is 20.9. The maximum Gasteiger partial charge on any atom is 0.0780 e. The number of para-hydroxylation sites is 1. The maximum atomic E-state index is 4.81. The Bertz CT molecular complexity index is 2240. The van der Waals surface area contributed by atoms with Gasteiger partial charge in [0.15, 0.2) is 0 Å². The number of hydrogen-bond donors (Lipinski definition) is 0. The van der Waals surface area contributed by atoms with Crippen molar-refractivity contribution in [2.45, 2.75) is 0 Å². The molecule has 0 saturated carbocycles. The summed E-state index contributed by atoms with van der Waals surface area (Å²) in [4.78, 5) is 4.81. The highest BCUT2D eigenvalue weighted by molar-refractivity contribution is 6.29. The van der Waals surface area contributed by atoms with E-state index >= 15 is 0 Å². The number of rotatable bonds is 3. The van der Waals surface area contributed by atoms with E-state index in [2.05, 4.69) is 140 Å². The van der Waals surface area contributed by atoms with Crippen molar-refractivity contribution in [2.75, 3.05) is 0 Å². The van der Waals surface area contributed by atoms with Gasteiger partial charge in [0.2, 0.25) is 0 Å². The summed E-state index contributed by atoms with van der Waals surface area (Å²) in [6.45, 7) is 0. The molecule has 0 radical (unpaired) electrons. The molecule has 9 rings (SSSR count). The number of fused-ring (bicyclic) bond motifs is 5. The third kappa shape index (κ3) is 3.22. The van der Waals surface area contributed by atoms with Crippen molar-refractivity contribution in [1.29, 1.82) is 0 Å². The van der Waals surface area contributed by atoms with Crippen LogP contribution in [0, 0.1) is 0 Å². The summed E-state index contributed by atoms with van der Waals surface area (Å²) in [6.07, 6.45) is 1.89. The van der Waals surface area contributed by atoms with Gasteiger partial charge in [0, 0.05) is 17.1 Å². The van der Waals surface area contributed by atoms with E-state index in [1.54, 1.807) is 0 Å². The minimum Gasteiger partial charge on any atom is -0.256 e. The predicted molar refractivity (Wildman–Crippen MR) is 177 cm³/mol. The van der Waals surface area contributed by atoms with Gasteiger partial charge in [0.25, 0.3) is 0 Å². The Morgan fingerprint density at radius 2 is 0.857 bits per heavy atom. The van der Waals surface area contributed by atoms with E-state index in [9.17, 15) is 0 Å². The van der Waals surface area contributed by atoms with Crippen molar-refractivity contribution in [3.8, 4) is 55.6 Å². The zero-order chi connectivity index (χ0) is 27.6. The summed E-state index contributed by atoms with van der Waals surface area (Å²) < 4.78 is 0. The quantitative estimate of drug-likeness (QED) is 0.221. The van der Waals surface area contributed by atoms with Crippen LogP contribution in [0.2, 0.25) is 0 Å². The molecule has 0 saturated heterocycles. The summed E-state index contributed by atoms with van der Waals surface area (Å²) in [7, 11) is 0. The molecule has 1 aliphatic carbocycles. The Morgan fingerprint density at radius 3 is 1.55 bits per heavy atom. The molecule has 7 aromatic carbocycles. The molecule has 0 N–H and O–H groups in total. The smallest absolute Gasteiger partial charge is 0.0780 e. The predicted octanol–water partition coefficient (Wildman–Crippen LogP) is 11.2. The van der Waals surface area contributed by atoms with Crippen LogP contribution in [0.15, 0.2) is 152 Å². The molecule has 1 heteroatoms. The first-order valence-corrected chi connectivity index (χ1v) is 14.5. The Morgan fingerprint density at radius 1 is 0.333 bits per heavy atom. The van der Waals surface area contributed by atoms with Crippen molar-refractivity contribution >= 4 is 32.4 Å². The van der Waals surface area contributed by atoms with E-state index in [4.69, 9.17) is 4.98 Å². The van der Waals surface area contributed by atoms with Crippen LogP contribution in [0.5, 0.6) is 0 Å². The van der Waals surface area contributed by atoms with Crippen LogP contribution >= 0.6 is 0 Å². The van der Waals surface area contributed by atoms with Crippen molar-refractivity contribution in [1.82, 2.24) is 4.98 Å². The lowest BCUT2D eigenvalue weighted by atomic mass is 9.82. The molecule has 1 heterocycles. The van der Waals surface area contributed by atoms with Gasteiger partial charge in [-0.2, -0.15) is 0 Å². The molecule has 1 nitrogen and oxygen atoms in total. The van der Waals surface area contributed by atoms with Crippen LogP contribution < -0.4 is 0 Å². The van der Waals surface area contributed by atoms with Crippen LogP contribution in [-0.2, 0) is 0 Å². The topological polar surface area (TPSA) is 12.9 Å². The summed E-state index contributed by atoms with van der Waals surface area (Å²) in [5.74, 6) is 0. The SMILES string of the molecule is c1ccc(-c2c3c(c(-c4ccccc4)c4ccccc24)-c2ccc(-c4cccc5cccnc45)c4cccc-3c24)cc1. The van der Waals surface area contributed by atoms with Gasteiger partial charge in [-0.25, -0.2) is 0 Å². The first kappa shape index (κ1) is 23.2. The third-order valence-electron chi connectivity index (χ3n) is 8.84. The molecule has 1 aliphatic rings. The maximum absolute atomic E-state index is 4.81.